The number of anilines is 1. The highest BCUT2D eigenvalue weighted by atomic mass is 16.5. The summed E-state index contributed by atoms with van der Waals surface area (Å²) in [5, 5.41) is 8.67. The second-order valence-corrected chi connectivity index (χ2v) is 5.28. The zero-order valence-electron chi connectivity index (χ0n) is 12.3. The Hall–Kier alpha value is -1.20. The maximum atomic E-state index is 5.92. The molecule has 0 aromatic carbocycles. The highest BCUT2D eigenvalue weighted by molar-refractivity contribution is 5.52. The van der Waals surface area contributed by atoms with Gasteiger partial charge in [-0.2, -0.15) is 5.10 Å². The second-order valence-electron chi connectivity index (χ2n) is 5.28. The molecule has 5 nitrogen and oxygen atoms in total. The van der Waals surface area contributed by atoms with Crippen molar-refractivity contribution in [3.8, 4) is 0 Å². The van der Waals surface area contributed by atoms with Crippen LogP contribution < -0.4 is 10.6 Å². The van der Waals surface area contributed by atoms with E-state index in [2.05, 4.69) is 35.9 Å². The highest BCUT2D eigenvalue weighted by Gasteiger charge is 2.29. The van der Waals surface area contributed by atoms with Crippen LogP contribution in [0.4, 0.5) is 5.82 Å². The molecule has 0 saturated carbocycles. The fourth-order valence-corrected chi connectivity index (χ4v) is 2.56. The van der Waals surface area contributed by atoms with Crippen molar-refractivity contribution in [1.82, 2.24) is 10.2 Å². The van der Waals surface area contributed by atoms with Crippen LogP contribution in [0.2, 0.25) is 0 Å². The maximum absolute atomic E-state index is 5.92. The number of hydrogen-bond acceptors (Lipinski definition) is 5. The number of nitrogens with zero attached hydrogens (tertiary/aromatic N) is 3. The average Bonchev–Trinajstić information content (AvgIpc) is 2.41. The van der Waals surface area contributed by atoms with Crippen LogP contribution in [0.5, 0.6) is 0 Å². The van der Waals surface area contributed by atoms with E-state index in [-0.39, 0.29) is 6.10 Å². The van der Waals surface area contributed by atoms with Crippen LogP contribution in [0.1, 0.15) is 37.1 Å². The number of hydrogen-bond donors (Lipinski definition) is 1. The highest BCUT2D eigenvalue weighted by Crippen LogP contribution is 2.27. The third kappa shape index (κ3) is 2.72. The third-order valence-corrected chi connectivity index (χ3v) is 3.98. The first-order valence-corrected chi connectivity index (χ1v) is 6.99. The van der Waals surface area contributed by atoms with Gasteiger partial charge in [0, 0.05) is 18.7 Å². The normalized spacial score (nSPS) is 23.7. The summed E-state index contributed by atoms with van der Waals surface area (Å²) in [5.41, 5.74) is 9.15. The number of aromatic nitrogens is 2. The Morgan fingerprint density at radius 1 is 1.37 bits per heavy atom. The van der Waals surface area contributed by atoms with Gasteiger partial charge in [-0.3, -0.25) is 0 Å². The molecule has 2 heterocycles. The Morgan fingerprint density at radius 3 is 2.74 bits per heavy atom. The molecule has 2 rings (SSSR count). The summed E-state index contributed by atoms with van der Waals surface area (Å²) in [6.45, 7) is 10.4. The van der Waals surface area contributed by atoms with Gasteiger partial charge in [-0.25, -0.2) is 0 Å². The smallest absolute Gasteiger partial charge is 0.156 e. The Balaban J connectivity index is 2.41. The molecule has 2 unspecified atom stereocenters. The van der Waals surface area contributed by atoms with E-state index < -0.39 is 0 Å². The first kappa shape index (κ1) is 14.2. The maximum Gasteiger partial charge on any atom is 0.156 e. The van der Waals surface area contributed by atoms with Gasteiger partial charge in [-0.1, -0.05) is 6.92 Å². The molecule has 0 spiro atoms. The lowest BCUT2D eigenvalue weighted by Crippen LogP contribution is -2.49. The van der Waals surface area contributed by atoms with Crippen LogP contribution in [0.3, 0.4) is 0 Å². The van der Waals surface area contributed by atoms with Gasteiger partial charge < -0.3 is 15.4 Å². The monoisotopic (exact) mass is 264 g/mol. The van der Waals surface area contributed by atoms with Crippen molar-refractivity contribution in [3.05, 3.63) is 16.8 Å². The van der Waals surface area contributed by atoms with E-state index >= 15 is 0 Å². The summed E-state index contributed by atoms with van der Waals surface area (Å²) >= 11 is 0. The Morgan fingerprint density at radius 2 is 2.11 bits per heavy atom. The van der Waals surface area contributed by atoms with Crippen molar-refractivity contribution in [2.24, 2.45) is 5.73 Å². The molecular weight excluding hydrogens is 240 g/mol. The second kappa shape index (κ2) is 5.84. The van der Waals surface area contributed by atoms with Gasteiger partial charge in [0.05, 0.1) is 24.4 Å². The molecule has 0 radical (unpaired) electrons. The van der Waals surface area contributed by atoms with Crippen molar-refractivity contribution in [1.29, 1.82) is 0 Å². The van der Waals surface area contributed by atoms with Crippen molar-refractivity contribution >= 4 is 5.82 Å². The lowest BCUT2D eigenvalue weighted by Gasteiger charge is -2.39. The predicted octanol–water partition coefficient (Wildman–Crippen LogP) is 1.56. The molecule has 1 aliphatic heterocycles. The van der Waals surface area contributed by atoms with Crippen molar-refractivity contribution in [3.63, 3.8) is 0 Å². The van der Waals surface area contributed by atoms with E-state index in [0.29, 0.717) is 12.6 Å². The zero-order valence-corrected chi connectivity index (χ0v) is 12.3. The lowest BCUT2D eigenvalue weighted by atomic mass is 10.1. The molecular formula is C14H24N4O. The third-order valence-electron chi connectivity index (χ3n) is 3.98. The van der Waals surface area contributed by atoms with E-state index in [0.717, 1.165) is 42.2 Å². The first-order chi connectivity index (χ1) is 9.08. The van der Waals surface area contributed by atoms with E-state index in [1.54, 1.807) is 0 Å². The van der Waals surface area contributed by atoms with Crippen molar-refractivity contribution < 1.29 is 4.74 Å². The topological polar surface area (TPSA) is 64.3 Å². The minimum absolute atomic E-state index is 0.219. The standard InChI is InChI=1S/C14H24N4O/c1-5-12-8-19-9(2)7-18(12)14-13(6-15)10(3)11(4)16-17-14/h9,12H,5-8,15H2,1-4H3. The summed E-state index contributed by atoms with van der Waals surface area (Å²) in [4.78, 5) is 2.32. The van der Waals surface area contributed by atoms with Crippen molar-refractivity contribution in [2.45, 2.75) is 52.8 Å². The molecule has 0 aliphatic carbocycles. The molecule has 5 heteroatoms. The van der Waals surface area contributed by atoms with Crippen LogP contribution in [-0.4, -0.2) is 35.5 Å². The molecule has 106 valence electrons. The van der Waals surface area contributed by atoms with Gasteiger partial charge >= 0.3 is 0 Å². The molecule has 0 amide bonds. The minimum atomic E-state index is 0.219. The molecule has 19 heavy (non-hydrogen) atoms. The summed E-state index contributed by atoms with van der Waals surface area (Å²) in [5.74, 6) is 0.938. The molecule has 1 saturated heterocycles. The molecule has 0 bridgehead atoms. The average molecular weight is 264 g/mol. The van der Waals surface area contributed by atoms with Gasteiger partial charge in [0.1, 0.15) is 0 Å². The minimum Gasteiger partial charge on any atom is -0.375 e. The van der Waals surface area contributed by atoms with Gasteiger partial charge in [-0.05, 0) is 32.8 Å². The molecule has 2 N–H and O–H groups in total. The number of morpholine rings is 1. The summed E-state index contributed by atoms with van der Waals surface area (Å²) < 4.78 is 5.74. The van der Waals surface area contributed by atoms with Crippen LogP contribution in [0.15, 0.2) is 0 Å². The molecule has 2 atom stereocenters. The van der Waals surface area contributed by atoms with E-state index in [1.165, 1.54) is 0 Å². The number of rotatable bonds is 3. The summed E-state index contributed by atoms with van der Waals surface area (Å²) in [6.07, 6.45) is 1.25. The van der Waals surface area contributed by atoms with Crippen LogP contribution in [-0.2, 0) is 11.3 Å². The zero-order chi connectivity index (χ0) is 14.0. The van der Waals surface area contributed by atoms with Crippen LogP contribution in [0.25, 0.3) is 0 Å². The Kier molecular flexibility index (Phi) is 4.37. The van der Waals surface area contributed by atoms with Gasteiger partial charge in [0.2, 0.25) is 0 Å². The van der Waals surface area contributed by atoms with Crippen molar-refractivity contribution in [2.75, 3.05) is 18.1 Å². The molecule has 1 aromatic rings. The van der Waals surface area contributed by atoms with E-state index in [4.69, 9.17) is 10.5 Å². The number of nitrogens with two attached hydrogens (primary N) is 1. The van der Waals surface area contributed by atoms with E-state index in [1.807, 2.05) is 6.92 Å². The van der Waals surface area contributed by atoms with Gasteiger partial charge in [0.15, 0.2) is 5.82 Å². The lowest BCUT2D eigenvalue weighted by molar-refractivity contribution is 0.0294. The Bertz CT molecular complexity index is 449. The summed E-state index contributed by atoms with van der Waals surface area (Å²) in [7, 11) is 0. The summed E-state index contributed by atoms with van der Waals surface area (Å²) in [6, 6.07) is 0.359. The SMILES string of the molecule is CCC1COC(C)CN1c1nnc(C)c(C)c1CN. The first-order valence-electron chi connectivity index (χ1n) is 6.99. The Labute approximate surface area is 115 Å². The molecule has 1 fully saturated rings. The number of ether oxygens (including phenoxy) is 1. The van der Waals surface area contributed by atoms with E-state index in [9.17, 15) is 0 Å². The fourth-order valence-electron chi connectivity index (χ4n) is 2.56. The molecule has 1 aliphatic rings. The fraction of sp³-hybridized carbons (Fsp3) is 0.714. The number of aryl methyl sites for hydroxylation is 1. The van der Waals surface area contributed by atoms with Gasteiger partial charge in [0.25, 0.3) is 0 Å². The van der Waals surface area contributed by atoms with Gasteiger partial charge in [-0.15, -0.1) is 5.10 Å². The predicted molar refractivity (Wildman–Crippen MR) is 76.2 cm³/mol. The molecule has 1 aromatic heterocycles. The quantitative estimate of drug-likeness (QED) is 0.897. The van der Waals surface area contributed by atoms with Crippen LogP contribution in [0, 0.1) is 13.8 Å². The largest absolute Gasteiger partial charge is 0.375 e. The van der Waals surface area contributed by atoms with Crippen LogP contribution >= 0.6 is 0 Å².